The number of benzene rings is 2. The molecule has 1 aliphatic rings. The molecule has 7 nitrogen and oxygen atoms in total. The maximum Gasteiger partial charge on any atom is 0.264 e. The molecular formula is C19H18N4O3. The third-order valence-corrected chi connectivity index (χ3v) is 4.47. The highest BCUT2D eigenvalue weighted by atomic mass is 16.6. The fourth-order valence-electron chi connectivity index (χ4n) is 3.03. The van der Waals surface area contributed by atoms with Gasteiger partial charge in [0.05, 0.1) is 12.3 Å². The Morgan fingerprint density at radius 1 is 1.19 bits per heavy atom. The lowest BCUT2D eigenvalue weighted by Crippen LogP contribution is -2.34. The fourth-order valence-corrected chi connectivity index (χ4v) is 3.03. The Kier molecular flexibility index (Phi) is 4.35. The van der Waals surface area contributed by atoms with E-state index in [4.69, 9.17) is 4.84 Å². The van der Waals surface area contributed by atoms with Gasteiger partial charge < -0.3 is 10.2 Å². The van der Waals surface area contributed by atoms with Gasteiger partial charge in [-0.05, 0) is 23.3 Å². The summed E-state index contributed by atoms with van der Waals surface area (Å²) < 4.78 is 4.62. The molecule has 2 aromatic carbocycles. The van der Waals surface area contributed by atoms with Gasteiger partial charge in [-0.25, -0.2) is 4.63 Å². The van der Waals surface area contributed by atoms with Gasteiger partial charge in [0.2, 0.25) is 6.10 Å². The average Bonchev–Trinajstić information content (AvgIpc) is 3.29. The van der Waals surface area contributed by atoms with E-state index in [9.17, 15) is 4.79 Å². The van der Waals surface area contributed by atoms with Crippen molar-refractivity contribution in [2.24, 2.45) is 5.16 Å². The third-order valence-electron chi connectivity index (χ3n) is 4.47. The number of amides is 1. The molecule has 4 rings (SSSR count). The zero-order valence-electron chi connectivity index (χ0n) is 14.3. The molecule has 1 aliphatic heterocycles. The molecule has 1 atom stereocenters. The van der Waals surface area contributed by atoms with Gasteiger partial charge in [0.1, 0.15) is 11.4 Å². The fraction of sp³-hybridized carbons (Fsp3) is 0.263. The summed E-state index contributed by atoms with van der Waals surface area (Å²) in [7, 11) is 0. The first-order valence-corrected chi connectivity index (χ1v) is 8.44. The van der Waals surface area contributed by atoms with Crippen molar-refractivity contribution < 1.29 is 14.3 Å². The van der Waals surface area contributed by atoms with Crippen LogP contribution in [0, 0.1) is 6.92 Å². The van der Waals surface area contributed by atoms with E-state index in [1.54, 1.807) is 6.92 Å². The Labute approximate surface area is 150 Å². The SMILES string of the molecule is Cc1nonc1CNC(=O)[C@H]1CC(Cc2cccc3ccccc23)=NO1. The summed E-state index contributed by atoms with van der Waals surface area (Å²) in [4.78, 5) is 17.6. The van der Waals surface area contributed by atoms with Crippen molar-refractivity contribution in [2.45, 2.75) is 32.4 Å². The molecule has 132 valence electrons. The lowest BCUT2D eigenvalue weighted by Gasteiger charge is -2.08. The lowest BCUT2D eigenvalue weighted by molar-refractivity contribution is -0.131. The summed E-state index contributed by atoms with van der Waals surface area (Å²) in [6, 6.07) is 14.4. The van der Waals surface area contributed by atoms with Gasteiger partial charge in [-0.2, -0.15) is 0 Å². The van der Waals surface area contributed by atoms with Crippen molar-refractivity contribution in [1.29, 1.82) is 0 Å². The van der Waals surface area contributed by atoms with E-state index >= 15 is 0 Å². The molecule has 0 saturated carbocycles. The smallest absolute Gasteiger partial charge is 0.264 e. The van der Waals surface area contributed by atoms with Crippen LogP contribution in [0.2, 0.25) is 0 Å². The van der Waals surface area contributed by atoms with Crippen LogP contribution in [-0.2, 0) is 22.6 Å². The Balaban J connectivity index is 1.37. The maximum absolute atomic E-state index is 12.3. The molecule has 0 aliphatic carbocycles. The predicted octanol–water partition coefficient (Wildman–Crippen LogP) is 2.54. The van der Waals surface area contributed by atoms with Crippen LogP contribution in [-0.4, -0.2) is 28.0 Å². The van der Waals surface area contributed by atoms with Crippen molar-refractivity contribution in [3.63, 3.8) is 0 Å². The number of oxime groups is 1. The first-order valence-electron chi connectivity index (χ1n) is 8.44. The average molecular weight is 350 g/mol. The number of carbonyl (C=O) groups excluding carboxylic acids is 1. The minimum absolute atomic E-state index is 0.218. The highest BCUT2D eigenvalue weighted by Gasteiger charge is 2.28. The van der Waals surface area contributed by atoms with Crippen molar-refractivity contribution in [1.82, 2.24) is 15.6 Å². The van der Waals surface area contributed by atoms with Crippen LogP contribution in [0.25, 0.3) is 10.8 Å². The molecule has 3 aromatic rings. The quantitative estimate of drug-likeness (QED) is 0.764. The Morgan fingerprint density at radius 3 is 2.88 bits per heavy atom. The molecule has 0 spiro atoms. The minimum atomic E-state index is -0.611. The second kappa shape index (κ2) is 6.95. The molecule has 1 N–H and O–H groups in total. The molecule has 0 bridgehead atoms. The van der Waals surface area contributed by atoms with Gasteiger partial charge in [-0.3, -0.25) is 4.79 Å². The van der Waals surface area contributed by atoms with Crippen molar-refractivity contribution in [3.05, 3.63) is 59.4 Å². The first kappa shape index (κ1) is 16.3. The number of aryl methyl sites for hydroxylation is 1. The van der Waals surface area contributed by atoms with Crippen LogP contribution < -0.4 is 5.32 Å². The van der Waals surface area contributed by atoms with Crippen LogP contribution >= 0.6 is 0 Å². The zero-order chi connectivity index (χ0) is 17.9. The summed E-state index contributed by atoms with van der Waals surface area (Å²) in [5.41, 5.74) is 3.30. The topological polar surface area (TPSA) is 89.6 Å². The summed E-state index contributed by atoms with van der Waals surface area (Å²) in [5, 5.41) is 16.7. The number of fused-ring (bicyclic) bond motifs is 1. The second-order valence-electron chi connectivity index (χ2n) is 6.28. The van der Waals surface area contributed by atoms with Crippen molar-refractivity contribution >= 4 is 22.4 Å². The van der Waals surface area contributed by atoms with E-state index in [1.165, 1.54) is 16.3 Å². The zero-order valence-corrected chi connectivity index (χ0v) is 14.3. The van der Waals surface area contributed by atoms with Gasteiger partial charge in [0, 0.05) is 12.8 Å². The highest BCUT2D eigenvalue weighted by Crippen LogP contribution is 2.22. The highest BCUT2D eigenvalue weighted by molar-refractivity contribution is 5.96. The number of hydrogen-bond acceptors (Lipinski definition) is 6. The van der Waals surface area contributed by atoms with Crippen LogP contribution in [0.5, 0.6) is 0 Å². The standard InChI is InChI=1S/C19H18N4O3/c1-12-17(23-26-21-12)11-20-19(24)18-10-15(22-25-18)9-14-7-4-6-13-5-2-3-8-16(13)14/h2-8,18H,9-11H2,1H3,(H,20,24)/t18-/m1/s1. The molecule has 1 aromatic heterocycles. The number of hydrogen-bond donors (Lipinski definition) is 1. The lowest BCUT2D eigenvalue weighted by atomic mass is 9.98. The number of aromatic nitrogens is 2. The van der Waals surface area contributed by atoms with Gasteiger partial charge in [0.25, 0.3) is 5.91 Å². The Morgan fingerprint density at radius 2 is 2.04 bits per heavy atom. The molecule has 0 unspecified atom stereocenters. The van der Waals surface area contributed by atoms with Crippen LogP contribution in [0.15, 0.2) is 52.2 Å². The Bertz CT molecular complexity index is 974. The molecule has 26 heavy (non-hydrogen) atoms. The van der Waals surface area contributed by atoms with Crippen LogP contribution in [0.1, 0.15) is 23.4 Å². The predicted molar refractivity (Wildman–Crippen MR) is 95.5 cm³/mol. The van der Waals surface area contributed by atoms with Crippen LogP contribution in [0.3, 0.4) is 0 Å². The summed E-state index contributed by atoms with van der Waals surface area (Å²) in [6.07, 6.45) is 0.530. The monoisotopic (exact) mass is 350 g/mol. The minimum Gasteiger partial charge on any atom is -0.382 e. The van der Waals surface area contributed by atoms with Crippen LogP contribution in [0.4, 0.5) is 0 Å². The first-order chi connectivity index (χ1) is 12.7. The van der Waals surface area contributed by atoms with E-state index in [2.05, 4.69) is 49.7 Å². The number of nitrogens with one attached hydrogen (secondary N) is 1. The third kappa shape index (κ3) is 3.28. The normalized spacial score (nSPS) is 16.3. The van der Waals surface area contributed by atoms with Crippen molar-refractivity contribution in [3.8, 4) is 0 Å². The Hall–Kier alpha value is -3.22. The van der Waals surface area contributed by atoms with E-state index < -0.39 is 6.10 Å². The largest absolute Gasteiger partial charge is 0.382 e. The summed E-state index contributed by atoms with van der Waals surface area (Å²) in [6.45, 7) is 2.03. The van der Waals surface area contributed by atoms with E-state index in [-0.39, 0.29) is 12.5 Å². The molecule has 1 amide bonds. The van der Waals surface area contributed by atoms with Gasteiger partial charge in [-0.1, -0.05) is 57.9 Å². The van der Waals surface area contributed by atoms with Gasteiger partial charge >= 0.3 is 0 Å². The summed E-state index contributed by atoms with van der Waals surface area (Å²) in [5.74, 6) is -0.218. The molecule has 7 heteroatoms. The maximum atomic E-state index is 12.3. The van der Waals surface area contributed by atoms with Gasteiger partial charge in [-0.15, -0.1) is 0 Å². The summed E-state index contributed by atoms with van der Waals surface area (Å²) >= 11 is 0. The number of nitrogens with zero attached hydrogens (tertiary/aromatic N) is 3. The van der Waals surface area contributed by atoms with Crippen molar-refractivity contribution in [2.75, 3.05) is 0 Å². The molecule has 0 radical (unpaired) electrons. The van der Waals surface area contributed by atoms with E-state index in [1.807, 2.05) is 18.2 Å². The molecular weight excluding hydrogens is 332 g/mol. The number of carbonyl (C=O) groups is 1. The van der Waals surface area contributed by atoms with Gasteiger partial charge in [0.15, 0.2) is 0 Å². The molecule has 2 heterocycles. The van der Waals surface area contributed by atoms with E-state index in [0.717, 1.165) is 5.71 Å². The van der Waals surface area contributed by atoms with E-state index in [0.29, 0.717) is 24.2 Å². The second-order valence-corrected chi connectivity index (χ2v) is 6.28. The number of rotatable bonds is 5. The molecule has 0 fully saturated rings. The molecule has 0 saturated heterocycles.